The summed E-state index contributed by atoms with van der Waals surface area (Å²) in [4.78, 5) is 26.4. The third-order valence-corrected chi connectivity index (χ3v) is 5.09. The largest absolute Gasteiger partial charge is 0.491 e. The van der Waals surface area contributed by atoms with Crippen molar-refractivity contribution >= 4 is 23.3 Å². The van der Waals surface area contributed by atoms with Crippen LogP contribution in [0.25, 0.3) is 0 Å². The van der Waals surface area contributed by atoms with Crippen LogP contribution in [0.3, 0.4) is 0 Å². The number of amides is 1. The highest BCUT2D eigenvalue weighted by atomic mass is 16.5. The molecule has 1 amide bonds. The number of hydrogen-bond acceptors (Lipinski definition) is 4. The Balaban J connectivity index is 1.60. The van der Waals surface area contributed by atoms with Gasteiger partial charge in [0.05, 0.1) is 17.8 Å². The molecule has 0 fully saturated rings. The zero-order valence-corrected chi connectivity index (χ0v) is 16.6. The van der Waals surface area contributed by atoms with E-state index in [2.05, 4.69) is 5.32 Å². The van der Waals surface area contributed by atoms with Crippen molar-refractivity contribution in [1.29, 1.82) is 0 Å². The number of carbonyl (C=O) groups is 2. The molecular weight excluding hydrogens is 380 g/mol. The number of nitrogens with zero attached hydrogens (tertiary/aromatic N) is 1. The second kappa shape index (κ2) is 8.29. The Morgan fingerprint density at radius 1 is 1.03 bits per heavy atom. The van der Waals surface area contributed by atoms with Crippen LogP contribution in [0.1, 0.15) is 31.8 Å². The van der Waals surface area contributed by atoms with Crippen molar-refractivity contribution in [3.8, 4) is 5.75 Å². The van der Waals surface area contributed by atoms with Crippen LogP contribution in [0.15, 0.2) is 66.7 Å². The van der Waals surface area contributed by atoms with E-state index < -0.39 is 5.97 Å². The monoisotopic (exact) mass is 402 g/mol. The first-order chi connectivity index (χ1) is 14.5. The molecular formula is C24H22N2O4. The number of aromatic carboxylic acids is 1. The minimum Gasteiger partial charge on any atom is -0.491 e. The fourth-order valence-electron chi connectivity index (χ4n) is 3.50. The number of aryl methyl sites for hydroxylation is 1. The number of ether oxygens (including phenoxy) is 1. The van der Waals surface area contributed by atoms with Gasteiger partial charge in [-0.2, -0.15) is 0 Å². The molecule has 6 nitrogen and oxygen atoms in total. The number of fused-ring (bicyclic) bond motifs is 1. The second-order valence-corrected chi connectivity index (χ2v) is 7.23. The molecule has 152 valence electrons. The lowest BCUT2D eigenvalue weighted by Crippen LogP contribution is -2.27. The molecule has 4 rings (SSSR count). The lowest BCUT2D eigenvalue weighted by molar-refractivity contribution is 0.0697. The number of carboxylic acid groups (broad SMARTS) is 1. The average molecular weight is 402 g/mol. The van der Waals surface area contributed by atoms with E-state index in [0.29, 0.717) is 36.6 Å². The molecule has 0 saturated heterocycles. The molecule has 1 aliphatic rings. The molecule has 0 aliphatic carbocycles. The van der Waals surface area contributed by atoms with Crippen molar-refractivity contribution in [2.75, 3.05) is 23.4 Å². The minimum absolute atomic E-state index is 0.135. The molecule has 0 spiro atoms. The molecule has 0 atom stereocenters. The van der Waals surface area contributed by atoms with Gasteiger partial charge in [-0.05, 0) is 43.3 Å². The predicted molar refractivity (Wildman–Crippen MR) is 116 cm³/mol. The summed E-state index contributed by atoms with van der Waals surface area (Å²) >= 11 is 0. The maximum absolute atomic E-state index is 12.5. The van der Waals surface area contributed by atoms with Crippen molar-refractivity contribution in [2.45, 2.75) is 13.5 Å². The van der Waals surface area contributed by atoms with Crippen molar-refractivity contribution in [2.24, 2.45) is 0 Å². The SMILES string of the molecule is Cc1ccc(C(=O)Nc2ccc(N3CCOc4ccccc4C3)c(C(=O)O)c2)cc1. The highest BCUT2D eigenvalue weighted by Crippen LogP contribution is 2.30. The first kappa shape index (κ1) is 19.5. The predicted octanol–water partition coefficient (Wildman–Crippen LogP) is 4.34. The molecule has 6 heteroatoms. The summed E-state index contributed by atoms with van der Waals surface area (Å²) in [6, 6.07) is 19.9. The maximum Gasteiger partial charge on any atom is 0.337 e. The first-order valence-corrected chi connectivity index (χ1v) is 9.72. The van der Waals surface area contributed by atoms with Crippen LogP contribution in [0, 0.1) is 6.92 Å². The van der Waals surface area contributed by atoms with E-state index in [1.165, 1.54) is 6.07 Å². The van der Waals surface area contributed by atoms with Gasteiger partial charge in [-0.15, -0.1) is 0 Å². The van der Waals surface area contributed by atoms with Gasteiger partial charge in [-0.1, -0.05) is 35.9 Å². The number of nitrogens with one attached hydrogen (secondary N) is 1. The van der Waals surface area contributed by atoms with Crippen LogP contribution in [0.2, 0.25) is 0 Å². The molecule has 30 heavy (non-hydrogen) atoms. The highest BCUT2D eigenvalue weighted by Gasteiger charge is 2.21. The molecule has 3 aromatic carbocycles. The lowest BCUT2D eigenvalue weighted by atomic mass is 10.1. The first-order valence-electron chi connectivity index (χ1n) is 9.72. The van der Waals surface area contributed by atoms with Gasteiger partial charge in [0.1, 0.15) is 12.4 Å². The molecule has 1 aliphatic heterocycles. The second-order valence-electron chi connectivity index (χ2n) is 7.23. The Kier molecular flexibility index (Phi) is 5.39. The van der Waals surface area contributed by atoms with Gasteiger partial charge in [-0.3, -0.25) is 4.79 Å². The molecule has 0 aromatic heterocycles. The molecule has 3 aromatic rings. The van der Waals surface area contributed by atoms with Crippen molar-refractivity contribution in [3.63, 3.8) is 0 Å². The van der Waals surface area contributed by atoms with Gasteiger partial charge in [0.2, 0.25) is 0 Å². The summed E-state index contributed by atoms with van der Waals surface area (Å²) in [6.45, 7) is 3.52. The minimum atomic E-state index is -1.05. The lowest BCUT2D eigenvalue weighted by Gasteiger charge is -2.24. The maximum atomic E-state index is 12.5. The van der Waals surface area contributed by atoms with Crippen molar-refractivity contribution in [1.82, 2.24) is 0 Å². The average Bonchev–Trinajstić information content (AvgIpc) is 2.96. The van der Waals surface area contributed by atoms with E-state index in [4.69, 9.17) is 4.74 Å². The van der Waals surface area contributed by atoms with Crippen LogP contribution >= 0.6 is 0 Å². The van der Waals surface area contributed by atoms with E-state index in [9.17, 15) is 14.7 Å². The third kappa shape index (κ3) is 4.12. The van der Waals surface area contributed by atoms with Crippen LogP contribution in [-0.2, 0) is 6.54 Å². The Morgan fingerprint density at radius 3 is 2.57 bits per heavy atom. The summed E-state index contributed by atoms with van der Waals surface area (Å²) < 4.78 is 5.79. The summed E-state index contributed by atoms with van der Waals surface area (Å²) in [7, 11) is 0. The fraction of sp³-hybridized carbons (Fsp3) is 0.167. The van der Waals surface area contributed by atoms with E-state index in [-0.39, 0.29) is 11.5 Å². The number of hydrogen-bond donors (Lipinski definition) is 2. The molecule has 2 N–H and O–H groups in total. The van der Waals surface area contributed by atoms with E-state index in [1.54, 1.807) is 24.3 Å². The Morgan fingerprint density at radius 2 is 1.80 bits per heavy atom. The molecule has 1 heterocycles. The van der Waals surface area contributed by atoms with Crippen molar-refractivity contribution < 1.29 is 19.4 Å². The number of para-hydroxylation sites is 1. The zero-order chi connectivity index (χ0) is 21.1. The smallest absolute Gasteiger partial charge is 0.337 e. The topological polar surface area (TPSA) is 78.9 Å². The van der Waals surface area contributed by atoms with Crippen molar-refractivity contribution in [3.05, 3.63) is 89.0 Å². The van der Waals surface area contributed by atoms with E-state index >= 15 is 0 Å². The van der Waals surface area contributed by atoms with Crippen LogP contribution in [0.4, 0.5) is 11.4 Å². The van der Waals surface area contributed by atoms with Gasteiger partial charge in [-0.25, -0.2) is 4.79 Å². The van der Waals surface area contributed by atoms with Gasteiger partial charge < -0.3 is 20.1 Å². The van der Waals surface area contributed by atoms with Gasteiger partial charge in [0.25, 0.3) is 5.91 Å². The van der Waals surface area contributed by atoms with Crippen LogP contribution < -0.4 is 15.0 Å². The standard InChI is InChI=1S/C24H22N2O4/c1-16-6-8-17(9-7-16)23(27)25-19-10-11-21(20(14-19)24(28)29)26-12-13-30-22-5-3-2-4-18(22)15-26/h2-11,14H,12-13,15H2,1H3,(H,25,27)(H,28,29). The number of carboxylic acids is 1. The third-order valence-electron chi connectivity index (χ3n) is 5.09. The number of carbonyl (C=O) groups excluding carboxylic acids is 1. The number of anilines is 2. The van der Waals surface area contributed by atoms with E-state index in [0.717, 1.165) is 16.9 Å². The summed E-state index contributed by atoms with van der Waals surface area (Å²) in [6.07, 6.45) is 0. The fourth-order valence-corrected chi connectivity index (χ4v) is 3.50. The quantitative estimate of drug-likeness (QED) is 0.679. The van der Waals surface area contributed by atoms with Crippen LogP contribution in [0.5, 0.6) is 5.75 Å². The Hall–Kier alpha value is -3.80. The molecule has 0 bridgehead atoms. The molecule has 0 unspecified atom stereocenters. The van der Waals surface area contributed by atoms with Crippen LogP contribution in [-0.4, -0.2) is 30.1 Å². The molecule has 0 saturated carbocycles. The summed E-state index contributed by atoms with van der Waals surface area (Å²) in [5.74, 6) is -0.509. The number of rotatable bonds is 4. The van der Waals surface area contributed by atoms with Gasteiger partial charge in [0.15, 0.2) is 0 Å². The summed E-state index contributed by atoms with van der Waals surface area (Å²) in [5.41, 5.74) is 3.75. The molecule has 0 radical (unpaired) electrons. The highest BCUT2D eigenvalue weighted by molar-refractivity contribution is 6.05. The van der Waals surface area contributed by atoms with E-state index in [1.807, 2.05) is 48.2 Å². The van der Waals surface area contributed by atoms with Gasteiger partial charge >= 0.3 is 5.97 Å². The Bertz CT molecular complexity index is 1090. The Labute approximate surface area is 174 Å². The normalized spacial score (nSPS) is 13.0. The zero-order valence-electron chi connectivity index (χ0n) is 16.6. The summed E-state index contributed by atoms with van der Waals surface area (Å²) in [5, 5.41) is 12.6. The van der Waals surface area contributed by atoms with Gasteiger partial charge in [0, 0.05) is 23.4 Å². The number of benzene rings is 3.